The molecule has 2 rings (SSSR count). The SMILES string of the molecule is CC(C)C(C)N1C(=O)NC(=O)C(c2cccc(Br)c2)C1=O. The van der Waals surface area contributed by atoms with Crippen LogP contribution in [0.25, 0.3) is 0 Å². The molecule has 5 nitrogen and oxygen atoms in total. The number of rotatable bonds is 3. The maximum absolute atomic E-state index is 12.6. The van der Waals surface area contributed by atoms with Crippen molar-refractivity contribution in [3.8, 4) is 0 Å². The van der Waals surface area contributed by atoms with E-state index in [4.69, 9.17) is 0 Å². The molecule has 112 valence electrons. The summed E-state index contributed by atoms with van der Waals surface area (Å²) >= 11 is 3.32. The highest BCUT2D eigenvalue weighted by molar-refractivity contribution is 9.10. The van der Waals surface area contributed by atoms with Crippen LogP contribution in [0.15, 0.2) is 28.7 Å². The third-order valence-electron chi connectivity index (χ3n) is 3.75. The number of halogens is 1. The van der Waals surface area contributed by atoms with Crippen LogP contribution in [0.3, 0.4) is 0 Å². The minimum atomic E-state index is -0.985. The fourth-order valence-corrected chi connectivity index (χ4v) is 2.67. The van der Waals surface area contributed by atoms with E-state index in [-0.39, 0.29) is 12.0 Å². The topological polar surface area (TPSA) is 66.5 Å². The lowest BCUT2D eigenvalue weighted by atomic mass is 9.93. The van der Waals surface area contributed by atoms with E-state index in [0.29, 0.717) is 5.56 Å². The van der Waals surface area contributed by atoms with Crippen molar-refractivity contribution in [2.24, 2.45) is 5.92 Å². The van der Waals surface area contributed by atoms with Crippen LogP contribution in [-0.2, 0) is 9.59 Å². The maximum atomic E-state index is 12.6. The number of amides is 4. The molecule has 6 heteroatoms. The normalized spacial score (nSPS) is 20.7. The monoisotopic (exact) mass is 352 g/mol. The lowest BCUT2D eigenvalue weighted by Crippen LogP contribution is -2.60. The van der Waals surface area contributed by atoms with Crippen molar-refractivity contribution < 1.29 is 14.4 Å². The number of imide groups is 2. The Balaban J connectivity index is 2.40. The molecule has 21 heavy (non-hydrogen) atoms. The molecule has 1 aliphatic rings. The molecular formula is C15H17BrN2O3. The quantitative estimate of drug-likeness (QED) is 0.850. The Morgan fingerprint density at radius 2 is 1.86 bits per heavy atom. The molecule has 2 atom stereocenters. The lowest BCUT2D eigenvalue weighted by molar-refractivity contribution is -0.140. The second-order valence-electron chi connectivity index (χ2n) is 5.48. The summed E-state index contributed by atoms with van der Waals surface area (Å²) in [4.78, 5) is 37.8. The minimum absolute atomic E-state index is 0.107. The van der Waals surface area contributed by atoms with Crippen molar-refractivity contribution in [2.75, 3.05) is 0 Å². The summed E-state index contributed by atoms with van der Waals surface area (Å²) in [5.74, 6) is -1.92. The third-order valence-corrected chi connectivity index (χ3v) is 4.24. The fraction of sp³-hybridized carbons (Fsp3) is 0.400. The van der Waals surface area contributed by atoms with E-state index in [9.17, 15) is 14.4 Å². The van der Waals surface area contributed by atoms with Crippen molar-refractivity contribution in [1.29, 1.82) is 0 Å². The highest BCUT2D eigenvalue weighted by atomic mass is 79.9. The third kappa shape index (κ3) is 3.00. The Hall–Kier alpha value is -1.69. The van der Waals surface area contributed by atoms with E-state index in [1.807, 2.05) is 19.9 Å². The Bertz CT molecular complexity index is 600. The summed E-state index contributed by atoms with van der Waals surface area (Å²) < 4.78 is 0.779. The van der Waals surface area contributed by atoms with Crippen LogP contribution in [0.1, 0.15) is 32.3 Å². The summed E-state index contributed by atoms with van der Waals surface area (Å²) in [6, 6.07) is 6.08. The first-order chi connectivity index (χ1) is 9.82. The van der Waals surface area contributed by atoms with Gasteiger partial charge in [-0.1, -0.05) is 41.9 Å². The Kier molecular flexibility index (Phi) is 4.46. The first-order valence-corrected chi connectivity index (χ1v) is 7.55. The molecule has 4 amide bonds. The molecule has 0 spiro atoms. The number of nitrogens with one attached hydrogen (secondary N) is 1. The van der Waals surface area contributed by atoms with Gasteiger partial charge in [-0.15, -0.1) is 0 Å². The molecular weight excluding hydrogens is 336 g/mol. The standard InChI is InChI=1S/C15H17BrN2O3/c1-8(2)9(3)18-14(20)12(13(19)17-15(18)21)10-5-4-6-11(16)7-10/h4-9,12H,1-3H3,(H,17,19,21). The molecule has 1 heterocycles. The van der Waals surface area contributed by atoms with Gasteiger partial charge in [-0.2, -0.15) is 0 Å². The van der Waals surface area contributed by atoms with Crippen LogP contribution < -0.4 is 5.32 Å². The average Bonchev–Trinajstić information content (AvgIpc) is 2.37. The number of nitrogens with zero attached hydrogens (tertiary/aromatic N) is 1. The van der Waals surface area contributed by atoms with Crippen molar-refractivity contribution in [3.63, 3.8) is 0 Å². The predicted octanol–water partition coefficient (Wildman–Crippen LogP) is 2.66. The number of hydrogen-bond acceptors (Lipinski definition) is 3. The highest BCUT2D eigenvalue weighted by Gasteiger charge is 2.43. The molecule has 1 saturated heterocycles. The van der Waals surface area contributed by atoms with Gasteiger partial charge in [0.25, 0.3) is 0 Å². The van der Waals surface area contributed by atoms with E-state index in [2.05, 4.69) is 21.2 Å². The minimum Gasteiger partial charge on any atom is -0.277 e. The van der Waals surface area contributed by atoms with Crippen LogP contribution in [0.5, 0.6) is 0 Å². The molecule has 0 aliphatic carbocycles. The van der Waals surface area contributed by atoms with Gasteiger partial charge in [0.05, 0.1) is 0 Å². The van der Waals surface area contributed by atoms with Crippen molar-refractivity contribution in [1.82, 2.24) is 10.2 Å². The number of carbonyl (C=O) groups is 3. The van der Waals surface area contributed by atoms with Gasteiger partial charge in [0.15, 0.2) is 0 Å². The van der Waals surface area contributed by atoms with Crippen LogP contribution in [0.4, 0.5) is 4.79 Å². The van der Waals surface area contributed by atoms with E-state index in [1.54, 1.807) is 25.1 Å². The summed E-state index contributed by atoms with van der Waals surface area (Å²) in [6.07, 6.45) is 0. The van der Waals surface area contributed by atoms with Gasteiger partial charge in [-0.25, -0.2) is 4.79 Å². The first kappa shape index (κ1) is 15.7. The van der Waals surface area contributed by atoms with Crippen molar-refractivity contribution >= 4 is 33.8 Å². The number of hydrogen-bond donors (Lipinski definition) is 1. The first-order valence-electron chi connectivity index (χ1n) is 6.76. The number of barbiturate groups is 1. The van der Waals surface area contributed by atoms with E-state index < -0.39 is 23.8 Å². The molecule has 1 N–H and O–H groups in total. The molecule has 0 radical (unpaired) electrons. The van der Waals surface area contributed by atoms with Crippen LogP contribution >= 0.6 is 15.9 Å². The molecule has 2 unspecified atom stereocenters. The van der Waals surface area contributed by atoms with Gasteiger partial charge < -0.3 is 0 Å². The van der Waals surface area contributed by atoms with Gasteiger partial charge in [-0.05, 0) is 30.5 Å². The summed E-state index contributed by atoms with van der Waals surface area (Å²) in [5, 5.41) is 2.28. The Morgan fingerprint density at radius 3 is 2.43 bits per heavy atom. The van der Waals surface area contributed by atoms with Crippen LogP contribution in [0.2, 0.25) is 0 Å². The number of carbonyl (C=O) groups excluding carboxylic acids is 3. The molecule has 0 saturated carbocycles. The molecule has 1 aromatic carbocycles. The van der Waals surface area contributed by atoms with Gasteiger partial charge in [0.1, 0.15) is 5.92 Å². The largest absolute Gasteiger partial charge is 0.331 e. The lowest BCUT2D eigenvalue weighted by Gasteiger charge is -2.36. The maximum Gasteiger partial charge on any atom is 0.331 e. The van der Waals surface area contributed by atoms with Crippen molar-refractivity contribution in [2.45, 2.75) is 32.7 Å². The molecule has 1 aromatic rings. The van der Waals surface area contributed by atoms with E-state index in [0.717, 1.165) is 9.37 Å². The second kappa shape index (κ2) is 5.97. The van der Waals surface area contributed by atoms with Crippen molar-refractivity contribution in [3.05, 3.63) is 34.3 Å². The van der Waals surface area contributed by atoms with Gasteiger partial charge in [0, 0.05) is 10.5 Å². The smallest absolute Gasteiger partial charge is 0.277 e. The zero-order chi connectivity index (χ0) is 15.7. The number of urea groups is 1. The molecule has 0 aromatic heterocycles. The van der Waals surface area contributed by atoms with E-state index >= 15 is 0 Å². The molecule has 1 fully saturated rings. The Morgan fingerprint density at radius 1 is 1.19 bits per heavy atom. The zero-order valence-electron chi connectivity index (χ0n) is 12.1. The van der Waals surface area contributed by atoms with Gasteiger partial charge in [-0.3, -0.25) is 19.8 Å². The zero-order valence-corrected chi connectivity index (χ0v) is 13.7. The van der Waals surface area contributed by atoms with Crippen LogP contribution in [0, 0.1) is 5.92 Å². The Labute approximate surface area is 131 Å². The van der Waals surface area contributed by atoms with E-state index in [1.165, 1.54) is 0 Å². The molecule has 1 aliphatic heterocycles. The fourth-order valence-electron chi connectivity index (χ4n) is 2.25. The second-order valence-corrected chi connectivity index (χ2v) is 6.39. The predicted molar refractivity (Wildman–Crippen MR) is 81.6 cm³/mol. The summed E-state index contributed by atoms with van der Waals surface area (Å²) in [5.41, 5.74) is 0.570. The number of benzene rings is 1. The summed E-state index contributed by atoms with van der Waals surface area (Å²) in [7, 11) is 0. The highest BCUT2D eigenvalue weighted by Crippen LogP contribution is 2.27. The average molecular weight is 353 g/mol. The van der Waals surface area contributed by atoms with Gasteiger partial charge in [0.2, 0.25) is 11.8 Å². The van der Waals surface area contributed by atoms with Crippen LogP contribution in [-0.4, -0.2) is 28.8 Å². The molecule has 0 bridgehead atoms. The summed E-state index contributed by atoms with van der Waals surface area (Å²) in [6.45, 7) is 5.65. The van der Waals surface area contributed by atoms with Gasteiger partial charge >= 0.3 is 6.03 Å².